The standard InChI is InChI=1S/C19H19F2NO3/c1-11-4-5-13(6-12(11)2)7-17(19(24)25-3)22-18(23)14-8-15(20)10-16(21)9-14/h4-6,8-10,17H,7H2,1-3H3,(H,22,23)/t17-/m1/s1. The van der Waals surface area contributed by atoms with Crippen LogP contribution in [0.2, 0.25) is 0 Å². The zero-order chi connectivity index (χ0) is 18.6. The number of amides is 1. The Morgan fingerprint density at radius 1 is 1.04 bits per heavy atom. The summed E-state index contributed by atoms with van der Waals surface area (Å²) in [5.74, 6) is -3.12. The molecule has 1 atom stereocenters. The fraction of sp³-hybridized carbons (Fsp3) is 0.263. The Morgan fingerprint density at radius 2 is 1.68 bits per heavy atom. The molecule has 2 aromatic carbocycles. The molecule has 0 aromatic heterocycles. The third-order valence-corrected chi connectivity index (χ3v) is 3.93. The first-order valence-electron chi connectivity index (χ1n) is 7.71. The Kier molecular flexibility index (Phi) is 5.85. The van der Waals surface area contributed by atoms with Crippen LogP contribution in [0.1, 0.15) is 27.0 Å². The van der Waals surface area contributed by atoms with Gasteiger partial charge < -0.3 is 10.1 Å². The first-order chi connectivity index (χ1) is 11.8. The van der Waals surface area contributed by atoms with Crippen LogP contribution in [0.5, 0.6) is 0 Å². The van der Waals surface area contributed by atoms with E-state index in [-0.39, 0.29) is 12.0 Å². The summed E-state index contributed by atoms with van der Waals surface area (Å²) in [4.78, 5) is 24.2. The van der Waals surface area contributed by atoms with Crippen LogP contribution >= 0.6 is 0 Å². The van der Waals surface area contributed by atoms with Crippen LogP contribution < -0.4 is 5.32 Å². The summed E-state index contributed by atoms with van der Waals surface area (Å²) in [6.07, 6.45) is 0.206. The monoisotopic (exact) mass is 347 g/mol. The summed E-state index contributed by atoms with van der Waals surface area (Å²) in [5.41, 5.74) is 2.80. The van der Waals surface area contributed by atoms with Crippen molar-refractivity contribution in [3.8, 4) is 0 Å². The number of ether oxygens (including phenoxy) is 1. The minimum atomic E-state index is -0.967. The molecule has 0 saturated carbocycles. The van der Waals surface area contributed by atoms with Crippen LogP contribution in [-0.4, -0.2) is 25.0 Å². The fourth-order valence-corrected chi connectivity index (χ4v) is 2.43. The number of hydrogen-bond donors (Lipinski definition) is 1. The average Bonchev–Trinajstić information content (AvgIpc) is 2.55. The molecule has 0 radical (unpaired) electrons. The summed E-state index contributed by atoms with van der Waals surface area (Å²) >= 11 is 0. The van der Waals surface area contributed by atoms with Crippen LogP contribution in [0, 0.1) is 25.5 Å². The fourth-order valence-electron chi connectivity index (χ4n) is 2.43. The number of rotatable bonds is 5. The van der Waals surface area contributed by atoms with E-state index in [9.17, 15) is 18.4 Å². The van der Waals surface area contributed by atoms with Crippen molar-refractivity contribution in [1.29, 1.82) is 0 Å². The zero-order valence-corrected chi connectivity index (χ0v) is 14.2. The molecule has 25 heavy (non-hydrogen) atoms. The van der Waals surface area contributed by atoms with Gasteiger partial charge in [0.15, 0.2) is 0 Å². The van der Waals surface area contributed by atoms with Crippen LogP contribution in [-0.2, 0) is 16.0 Å². The number of benzene rings is 2. The topological polar surface area (TPSA) is 55.4 Å². The molecule has 0 aliphatic rings. The Balaban J connectivity index is 2.21. The van der Waals surface area contributed by atoms with E-state index in [2.05, 4.69) is 5.32 Å². The molecule has 4 nitrogen and oxygen atoms in total. The number of methoxy groups -OCH3 is 1. The molecule has 0 aliphatic carbocycles. The molecular weight excluding hydrogens is 328 g/mol. The van der Waals surface area contributed by atoms with Gasteiger partial charge in [0.05, 0.1) is 7.11 Å². The van der Waals surface area contributed by atoms with Crippen molar-refractivity contribution < 1.29 is 23.1 Å². The van der Waals surface area contributed by atoms with Crippen molar-refractivity contribution >= 4 is 11.9 Å². The lowest BCUT2D eigenvalue weighted by Gasteiger charge is -2.17. The molecule has 0 unspecified atom stereocenters. The molecule has 0 bridgehead atoms. The van der Waals surface area contributed by atoms with Gasteiger partial charge in [-0.05, 0) is 42.7 Å². The maximum Gasteiger partial charge on any atom is 0.328 e. The van der Waals surface area contributed by atoms with E-state index in [1.165, 1.54) is 7.11 Å². The van der Waals surface area contributed by atoms with E-state index in [0.29, 0.717) is 6.07 Å². The van der Waals surface area contributed by atoms with Gasteiger partial charge in [-0.1, -0.05) is 18.2 Å². The Bertz CT molecular complexity index is 785. The zero-order valence-electron chi connectivity index (χ0n) is 14.2. The van der Waals surface area contributed by atoms with Gasteiger partial charge in [0, 0.05) is 18.1 Å². The number of nitrogens with one attached hydrogen (secondary N) is 1. The molecule has 2 rings (SSSR count). The maximum atomic E-state index is 13.3. The molecule has 6 heteroatoms. The summed E-state index contributed by atoms with van der Waals surface area (Å²) in [5, 5.41) is 2.47. The Labute approximate surface area is 144 Å². The predicted molar refractivity (Wildman–Crippen MR) is 89.2 cm³/mol. The van der Waals surface area contributed by atoms with E-state index in [4.69, 9.17) is 4.74 Å². The summed E-state index contributed by atoms with van der Waals surface area (Å²) in [6.45, 7) is 3.91. The predicted octanol–water partition coefficient (Wildman–Crippen LogP) is 3.10. The van der Waals surface area contributed by atoms with Crippen molar-refractivity contribution in [3.63, 3.8) is 0 Å². The van der Waals surface area contributed by atoms with Gasteiger partial charge in [-0.15, -0.1) is 0 Å². The van der Waals surface area contributed by atoms with Crippen LogP contribution in [0.3, 0.4) is 0 Å². The van der Waals surface area contributed by atoms with Crippen molar-refractivity contribution in [2.75, 3.05) is 7.11 Å². The lowest BCUT2D eigenvalue weighted by molar-refractivity contribution is -0.142. The van der Waals surface area contributed by atoms with Crippen molar-refractivity contribution in [2.24, 2.45) is 0 Å². The van der Waals surface area contributed by atoms with Crippen molar-refractivity contribution in [3.05, 3.63) is 70.3 Å². The van der Waals surface area contributed by atoms with Gasteiger partial charge >= 0.3 is 5.97 Å². The second-order valence-electron chi connectivity index (χ2n) is 5.83. The van der Waals surface area contributed by atoms with Crippen LogP contribution in [0.25, 0.3) is 0 Å². The molecule has 0 heterocycles. The lowest BCUT2D eigenvalue weighted by Crippen LogP contribution is -2.43. The summed E-state index contributed by atoms with van der Waals surface area (Å²) in [6, 6.07) is 7.20. The highest BCUT2D eigenvalue weighted by atomic mass is 19.1. The van der Waals surface area contributed by atoms with Crippen molar-refractivity contribution in [2.45, 2.75) is 26.3 Å². The molecule has 1 amide bonds. The number of hydrogen-bond acceptors (Lipinski definition) is 3. The van der Waals surface area contributed by atoms with Crippen LogP contribution in [0.4, 0.5) is 8.78 Å². The van der Waals surface area contributed by atoms with Crippen LogP contribution in [0.15, 0.2) is 36.4 Å². The van der Waals surface area contributed by atoms with Crippen molar-refractivity contribution in [1.82, 2.24) is 5.32 Å². The largest absolute Gasteiger partial charge is 0.467 e. The first kappa shape index (κ1) is 18.6. The van der Waals surface area contributed by atoms with Gasteiger partial charge in [0.2, 0.25) is 0 Å². The van der Waals surface area contributed by atoms with Gasteiger partial charge in [-0.25, -0.2) is 13.6 Å². The van der Waals surface area contributed by atoms with E-state index in [1.807, 2.05) is 32.0 Å². The number of carbonyl (C=O) groups is 2. The summed E-state index contributed by atoms with van der Waals surface area (Å²) < 4.78 is 31.3. The third kappa shape index (κ3) is 4.86. The molecule has 0 aliphatic heterocycles. The second-order valence-corrected chi connectivity index (χ2v) is 5.83. The number of esters is 1. The normalized spacial score (nSPS) is 11.7. The van der Waals surface area contributed by atoms with Gasteiger partial charge in [0.1, 0.15) is 17.7 Å². The minimum Gasteiger partial charge on any atom is -0.467 e. The molecule has 132 valence electrons. The number of halogens is 2. The van der Waals surface area contributed by atoms with Gasteiger partial charge in [-0.3, -0.25) is 4.79 Å². The quantitative estimate of drug-likeness (QED) is 0.846. The number of aryl methyl sites for hydroxylation is 2. The average molecular weight is 347 g/mol. The van der Waals surface area contributed by atoms with E-state index >= 15 is 0 Å². The highest BCUT2D eigenvalue weighted by Gasteiger charge is 2.23. The molecule has 1 N–H and O–H groups in total. The van der Waals surface area contributed by atoms with E-state index in [1.54, 1.807) is 0 Å². The van der Waals surface area contributed by atoms with E-state index < -0.39 is 29.6 Å². The van der Waals surface area contributed by atoms with Gasteiger partial charge in [0.25, 0.3) is 5.91 Å². The minimum absolute atomic E-state index is 0.202. The second kappa shape index (κ2) is 7.88. The summed E-state index contributed by atoms with van der Waals surface area (Å²) in [7, 11) is 1.21. The molecule has 0 spiro atoms. The lowest BCUT2D eigenvalue weighted by atomic mass is 10.0. The Hall–Kier alpha value is -2.76. The smallest absolute Gasteiger partial charge is 0.328 e. The molecule has 0 fully saturated rings. The highest BCUT2D eigenvalue weighted by molar-refractivity contribution is 5.96. The SMILES string of the molecule is COC(=O)[C@@H](Cc1ccc(C)c(C)c1)NC(=O)c1cc(F)cc(F)c1. The highest BCUT2D eigenvalue weighted by Crippen LogP contribution is 2.13. The third-order valence-electron chi connectivity index (χ3n) is 3.93. The number of carbonyl (C=O) groups excluding carboxylic acids is 2. The first-order valence-corrected chi connectivity index (χ1v) is 7.71. The van der Waals surface area contributed by atoms with E-state index in [0.717, 1.165) is 28.8 Å². The molecular formula is C19H19F2NO3. The van der Waals surface area contributed by atoms with Gasteiger partial charge in [-0.2, -0.15) is 0 Å². The molecule has 2 aromatic rings. The Morgan fingerprint density at radius 3 is 2.24 bits per heavy atom. The molecule has 0 saturated heterocycles. The maximum absolute atomic E-state index is 13.3.